The fraction of sp³-hybridized carbons (Fsp3) is 0.444. The Labute approximate surface area is 143 Å². The molecule has 0 aliphatic rings. The van der Waals surface area contributed by atoms with Crippen molar-refractivity contribution in [2.24, 2.45) is 0 Å². The van der Waals surface area contributed by atoms with Crippen LogP contribution in [0.2, 0.25) is 0 Å². The van der Waals surface area contributed by atoms with Crippen molar-refractivity contribution in [2.45, 2.75) is 33.7 Å². The number of ether oxygens (including phenoxy) is 1. The molecule has 1 aromatic carbocycles. The third-order valence-corrected chi connectivity index (χ3v) is 4.22. The van der Waals surface area contributed by atoms with E-state index in [1.165, 1.54) is 11.3 Å². The zero-order valence-corrected chi connectivity index (χ0v) is 15.1. The number of carbonyl (C=O) groups is 1. The molecule has 2 aromatic rings. The summed E-state index contributed by atoms with van der Waals surface area (Å²) in [5, 5.41) is 7.41. The lowest BCUT2D eigenvalue weighted by Crippen LogP contribution is -2.33. The molecular weight excluding hydrogens is 304 g/mol. The summed E-state index contributed by atoms with van der Waals surface area (Å²) >= 11 is 0. The number of nitrogens with zero attached hydrogens (tertiary/aromatic N) is 3. The number of hydrogen-bond donors (Lipinski definition) is 1. The van der Waals surface area contributed by atoms with Gasteiger partial charge in [0.1, 0.15) is 5.75 Å². The van der Waals surface area contributed by atoms with Crippen LogP contribution in [0.25, 0.3) is 0 Å². The van der Waals surface area contributed by atoms with E-state index in [4.69, 9.17) is 4.74 Å². The Morgan fingerprint density at radius 2 is 2.04 bits per heavy atom. The zero-order valence-electron chi connectivity index (χ0n) is 15.1. The van der Waals surface area contributed by atoms with Crippen molar-refractivity contribution in [3.63, 3.8) is 0 Å². The van der Waals surface area contributed by atoms with E-state index in [1.54, 1.807) is 19.1 Å². The van der Waals surface area contributed by atoms with Crippen LogP contribution in [0.5, 0.6) is 5.75 Å². The van der Waals surface area contributed by atoms with Crippen molar-refractivity contribution in [1.29, 1.82) is 0 Å². The van der Waals surface area contributed by atoms with Crippen molar-refractivity contribution in [3.05, 3.63) is 41.2 Å². The Morgan fingerprint density at radius 1 is 1.33 bits per heavy atom. The zero-order chi connectivity index (χ0) is 17.7. The van der Waals surface area contributed by atoms with Crippen LogP contribution in [0.3, 0.4) is 0 Å². The maximum atomic E-state index is 12.4. The van der Waals surface area contributed by atoms with Gasteiger partial charge in [0.15, 0.2) is 0 Å². The molecule has 1 N–H and O–H groups in total. The number of methoxy groups -OCH3 is 1. The van der Waals surface area contributed by atoms with Crippen LogP contribution >= 0.6 is 0 Å². The van der Waals surface area contributed by atoms with E-state index in [9.17, 15) is 4.79 Å². The van der Waals surface area contributed by atoms with Crippen molar-refractivity contribution >= 4 is 11.7 Å². The Kier molecular flexibility index (Phi) is 5.84. The number of likely N-dealkylation sites (N-methyl/N-ethyl adjacent to an activating group) is 1. The average molecular weight is 330 g/mol. The minimum Gasteiger partial charge on any atom is -0.495 e. The number of amides is 2. The fourth-order valence-corrected chi connectivity index (χ4v) is 2.74. The molecule has 0 aliphatic carbocycles. The molecule has 6 nitrogen and oxygen atoms in total. The monoisotopic (exact) mass is 330 g/mol. The van der Waals surface area contributed by atoms with Gasteiger partial charge in [0.25, 0.3) is 0 Å². The molecule has 130 valence electrons. The van der Waals surface area contributed by atoms with E-state index in [0.29, 0.717) is 18.0 Å². The molecule has 24 heavy (non-hydrogen) atoms. The summed E-state index contributed by atoms with van der Waals surface area (Å²) in [6.45, 7) is 7.65. The number of aryl methyl sites for hydroxylation is 2. The van der Waals surface area contributed by atoms with Gasteiger partial charge in [-0.3, -0.25) is 4.68 Å². The van der Waals surface area contributed by atoms with Crippen LogP contribution in [0, 0.1) is 13.8 Å². The second-order valence-electron chi connectivity index (χ2n) is 5.77. The number of anilines is 1. The molecule has 0 fully saturated rings. The normalized spacial score (nSPS) is 10.5. The number of benzene rings is 1. The van der Waals surface area contributed by atoms with E-state index in [1.807, 2.05) is 35.9 Å². The maximum Gasteiger partial charge on any atom is 0.321 e. The molecule has 2 amide bonds. The van der Waals surface area contributed by atoms with Gasteiger partial charge in [0.2, 0.25) is 0 Å². The van der Waals surface area contributed by atoms with Gasteiger partial charge in [0.05, 0.1) is 18.5 Å². The number of rotatable bonds is 6. The van der Waals surface area contributed by atoms with E-state index in [2.05, 4.69) is 24.3 Å². The lowest BCUT2D eigenvalue weighted by Gasteiger charge is -2.19. The first-order valence-corrected chi connectivity index (χ1v) is 8.15. The summed E-state index contributed by atoms with van der Waals surface area (Å²) in [4.78, 5) is 14.0. The van der Waals surface area contributed by atoms with E-state index < -0.39 is 0 Å². The van der Waals surface area contributed by atoms with Gasteiger partial charge >= 0.3 is 6.03 Å². The van der Waals surface area contributed by atoms with E-state index in [-0.39, 0.29) is 6.03 Å². The number of carbonyl (C=O) groups excluding carboxylic acids is 1. The lowest BCUT2D eigenvalue weighted by atomic mass is 10.1. The summed E-state index contributed by atoms with van der Waals surface area (Å²) < 4.78 is 7.26. The maximum absolute atomic E-state index is 12.4. The first-order chi connectivity index (χ1) is 11.5. The van der Waals surface area contributed by atoms with Gasteiger partial charge in [-0.25, -0.2) is 4.79 Å². The van der Waals surface area contributed by atoms with Gasteiger partial charge in [0, 0.05) is 25.8 Å². The standard InChI is InChI=1S/C18H26N4O2/c1-6-22-14(3)15(13(2)20-22)11-12-21(4)18(23)19-16-9-7-8-10-17(16)24-5/h7-10H,6,11-12H2,1-5H3,(H,19,23). The third-order valence-electron chi connectivity index (χ3n) is 4.22. The molecule has 0 atom stereocenters. The lowest BCUT2D eigenvalue weighted by molar-refractivity contribution is 0.223. The van der Waals surface area contributed by atoms with E-state index in [0.717, 1.165) is 18.7 Å². The van der Waals surface area contributed by atoms with Crippen molar-refractivity contribution in [1.82, 2.24) is 14.7 Å². The molecule has 0 aliphatic heterocycles. The molecule has 0 saturated carbocycles. The van der Waals surface area contributed by atoms with Crippen molar-refractivity contribution < 1.29 is 9.53 Å². The number of aromatic nitrogens is 2. The Balaban J connectivity index is 1.98. The highest BCUT2D eigenvalue weighted by atomic mass is 16.5. The molecule has 1 heterocycles. The number of urea groups is 1. The van der Waals surface area contributed by atoms with Crippen LogP contribution in [-0.2, 0) is 13.0 Å². The average Bonchev–Trinajstić information content (AvgIpc) is 2.86. The van der Waals surface area contributed by atoms with Gasteiger partial charge in [-0.1, -0.05) is 12.1 Å². The van der Waals surface area contributed by atoms with Crippen LogP contribution in [0.1, 0.15) is 23.9 Å². The van der Waals surface area contributed by atoms with E-state index >= 15 is 0 Å². The van der Waals surface area contributed by atoms with Crippen LogP contribution in [-0.4, -0.2) is 41.4 Å². The second kappa shape index (κ2) is 7.86. The summed E-state index contributed by atoms with van der Waals surface area (Å²) in [5.41, 5.74) is 4.10. The first-order valence-electron chi connectivity index (χ1n) is 8.15. The quantitative estimate of drug-likeness (QED) is 0.884. The second-order valence-corrected chi connectivity index (χ2v) is 5.77. The smallest absolute Gasteiger partial charge is 0.321 e. The molecule has 0 spiro atoms. The number of para-hydroxylation sites is 2. The SMILES string of the molecule is CCn1nc(C)c(CCN(C)C(=O)Nc2ccccc2OC)c1C. The number of hydrogen-bond acceptors (Lipinski definition) is 3. The van der Waals surface area contributed by atoms with Gasteiger partial charge in [-0.05, 0) is 44.9 Å². The molecule has 2 rings (SSSR count). The van der Waals surface area contributed by atoms with Gasteiger partial charge in [-0.2, -0.15) is 5.10 Å². The van der Waals surface area contributed by atoms with Gasteiger partial charge < -0.3 is 15.0 Å². The van der Waals surface area contributed by atoms with Crippen molar-refractivity contribution in [3.8, 4) is 5.75 Å². The Bertz CT molecular complexity index is 709. The first kappa shape index (κ1) is 17.8. The molecule has 0 unspecified atom stereocenters. The van der Waals surface area contributed by atoms with Crippen LogP contribution in [0.15, 0.2) is 24.3 Å². The molecule has 1 aromatic heterocycles. The highest BCUT2D eigenvalue weighted by Gasteiger charge is 2.15. The Hall–Kier alpha value is -2.50. The molecular formula is C18H26N4O2. The minimum atomic E-state index is -0.155. The summed E-state index contributed by atoms with van der Waals surface area (Å²) in [5.74, 6) is 0.648. The highest BCUT2D eigenvalue weighted by Crippen LogP contribution is 2.23. The highest BCUT2D eigenvalue weighted by molar-refractivity contribution is 5.90. The van der Waals surface area contributed by atoms with Crippen LogP contribution < -0.4 is 10.1 Å². The predicted octanol–water partition coefficient (Wildman–Crippen LogP) is 3.23. The molecule has 0 saturated heterocycles. The molecule has 0 bridgehead atoms. The van der Waals surface area contributed by atoms with Gasteiger partial charge in [-0.15, -0.1) is 0 Å². The predicted molar refractivity (Wildman–Crippen MR) is 95.7 cm³/mol. The van der Waals surface area contributed by atoms with Crippen molar-refractivity contribution in [2.75, 3.05) is 26.0 Å². The van der Waals surface area contributed by atoms with Crippen LogP contribution in [0.4, 0.5) is 10.5 Å². The summed E-state index contributed by atoms with van der Waals surface area (Å²) in [6, 6.07) is 7.22. The molecule has 6 heteroatoms. The summed E-state index contributed by atoms with van der Waals surface area (Å²) in [6.07, 6.45) is 0.785. The topological polar surface area (TPSA) is 59.4 Å². The largest absolute Gasteiger partial charge is 0.495 e. The fourth-order valence-electron chi connectivity index (χ4n) is 2.74. The molecule has 0 radical (unpaired) electrons. The summed E-state index contributed by atoms with van der Waals surface area (Å²) in [7, 11) is 3.38. The third kappa shape index (κ3) is 3.88. The number of nitrogens with one attached hydrogen (secondary N) is 1. The Morgan fingerprint density at radius 3 is 2.67 bits per heavy atom. The minimum absolute atomic E-state index is 0.155.